The number of hydrogen-bond donors (Lipinski definition) is 0. The molecule has 3 aromatic rings. The number of ether oxygens (including phenoxy) is 3. The van der Waals surface area contributed by atoms with Crippen LogP contribution < -0.4 is 4.74 Å². The van der Waals surface area contributed by atoms with Crippen molar-refractivity contribution >= 4 is 18.0 Å². The first-order valence-electron chi connectivity index (χ1n) is 18.4. The minimum Gasteiger partial charge on any atom is -0.456 e. The number of amides is 4. The van der Waals surface area contributed by atoms with E-state index in [1.807, 2.05) is 33.8 Å². The normalized spacial score (nSPS) is 18.2. The molecule has 0 radical (unpaired) electrons. The third-order valence-electron chi connectivity index (χ3n) is 10.2. The molecule has 292 valence electrons. The third-order valence-corrected chi connectivity index (χ3v) is 10.2. The second-order valence-corrected chi connectivity index (χ2v) is 14.8. The molecule has 3 aliphatic heterocycles. The van der Waals surface area contributed by atoms with Crippen molar-refractivity contribution < 1.29 is 46.3 Å². The van der Waals surface area contributed by atoms with E-state index in [1.54, 1.807) is 28.0 Å². The van der Waals surface area contributed by atoms with E-state index in [0.29, 0.717) is 45.2 Å². The van der Waals surface area contributed by atoms with E-state index in [9.17, 15) is 27.6 Å². The smallest absolute Gasteiger partial charge is 0.420 e. The summed E-state index contributed by atoms with van der Waals surface area (Å²) in [5.41, 5.74) is -1.86. The molecular formula is C38H47F3N6O7. The highest BCUT2D eigenvalue weighted by atomic mass is 19.4. The van der Waals surface area contributed by atoms with Crippen LogP contribution in [0.1, 0.15) is 70.4 Å². The van der Waals surface area contributed by atoms with Crippen molar-refractivity contribution in [3.8, 4) is 22.9 Å². The van der Waals surface area contributed by atoms with Crippen LogP contribution in [0.3, 0.4) is 0 Å². The Morgan fingerprint density at radius 3 is 2.33 bits per heavy atom. The van der Waals surface area contributed by atoms with Gasteiger partial charge < -0.3 is 28.5 Å². The Morgan fingerprint density at radius 1 is 0.944 bits per heavy atom. The molecule has 13 nitrogen and oxygen atoms in total. The van der Waals surface area contributed by atoms with Gasteiger partial charge in [-0.15, -0.1) is 0 Å². The number of rotatable bonds is 11. The van der Waals surface area contributed by atoms with Gasteiger partial charge in [-0.2, -0.15) is 18.2 Å². The minimum atomic E-state index is -4.77. The zero-order valence-corrected chi connectivity index (χ0v) is 31.1. The summed E-state index contributed by atoms with van der Waals surface area (Å²) in [6, 6.07) is 9.90. The lowest BCUT2D eigenvalue weighted by atomic mass is 9.86. The summed E-state index contributed by atoms with van der Waals surface area (Å²) in [6.07, 6.45) is -3.18. The molecule has 3 fully saturated rings. The summed E-state index contributed by atoms with van der Waals surface area (Å²) in [5.74, 6) is -0.807. The van der Waals surface area contributed by atoms with Gasteiger partial charge in [0.15, 0.2) is 0 Å². The molecule has 1 aromatic heterocycles. The number of nitrogens with zero attached hydrogens (tertiary/aromatic N) is 6. The average molecular weight is 757 g/mol. The highest BCUT2D eigenvalue weighted by molar-refractivity contribution is 6.07. The minimum absolute atomic E-state index is 0.00894. The van der Waals surface area contributed by atoms with Crippen LogP contribution in [0.4, 0.5) is 22.8 Å². The fourth-order valence-electron chi connectivity index (χ4n) is 7.08. The second-order valence-electron chi connectivity index (χ2n) is 14.8. The first kappa shape index (κ1) is 39.0. The lowest BCUT2D eigenvalue weighted by Gasteiger charge is -2.42. The fourth-order valence-corrected chi connectivity index (χ4v) is 7.08. The molecule has 0 unspecified atom stereocenters. The molecule has 4 heterocycles. The lowest BCUT2D eigenvalue weighted by Crippen LogP contribution is -2.58. The van der Waals surface area contributed by atoms with Crippen LogP contribution in [-0.2, 0) is 32.4 Å². The Bertz CT molecular complexity index is 1810. The summed E-state index contributed by atoms with van der Waals surface area (Å²) in [6.45, 7) is 11.5. The Labute approximate surface area is 312 Å². The predicted octanol–water partition coefficient (Wildman–Crippen LogP) is 6.71. The highest BCUT2D eigenvalue weighted by Crippen LogP contribution is 2.43. The van der Waals surface area contributed by atoms with Crippen LogP contribution in [-0.4, -0.2) is 112 Å². The first-order chi connectivity index (χ1) is 25.7. The number of imide groups is 1. The van der Waals surface area contributed by atoms with Crippen LogP contribution in [0.25, 0.3) is 11.4 Å². The Balaban J connectivity index is 1.21. The van der Waals surface area contributed by atoms with E-state index in [2.05, 4.69) is 15.0 Å². The Hall–Kier alpha value is -4.70. The van der Waals surface area contributed by atoms with Crippen LogP contribution in [0.15, 0.2) is 47.0 Å². The number of aromatic nitrogens is 2. The number of morpholine rings is 1. The summed E-state index contributed by atoms with van der Waals surface area (Å²) in [7, 11) is 0. The van der Waals surface area contributed by atoms with Gasteiger partial charge in [-0.05, 0) is 48.9 Å². The van der Waals surface area contributed by atoms with Crippen LogP contribution in [0.5, 0.6) is 11.5 Å². The molecular weight excluding hydrogens is 709 g/mol. The van der Waals surface area contributed by atoms with Crippen molar-refractivity contribution in [1.82, 2.24) is 29.7 Å². The Kier molecular flexibility index (Phi) is 11.5. The van der Waals surface area contributed by atoms with Crippen LogP contribution >= 0.6 is 0 Å². The quantitative estimate of drug-likeness (QED) is 0.154. The van der Waals surface area contributed by atoms with Gasteiger partial charge in [-0.25, -0.2) is 9.59 Å². The number of likely N-dealkylation sites (tertiary alicyclic amines) is 1. The predicted molar refractivity (Wildman–Crippen MR) is 190 cm³/mol. The maximum absolute atomic E-state index is 14.4. The number of piperidine rings is 1. The summed E-state index contributed by atoms with van der Waals surface area (Å²) >= 11 is 0. The second kappa shape index (κ2) is 16.0. The van der Waals surface area contributed by atoms with E-state index < -0.39 is 35.3 Å². The number of alkyl halides is 3. The van der Waals surface area contributed by atoms with E-state index in [-0.39, 0.29) is 67.5 Å². The zero-order chi connectivity index (χ0) is 38.7. The van der Waals surface area contributed by atoms with Crippen molar-refractivity contribution in [3.63, 3.8) is 0 Å². The average Bonchev–Trinajstić information content (AvgIpc) is 3.68. The van der Waals surface area contributed by atoms with Gasteiger partial charge in [0.2, 0.25) is 11.7 Å². The van der Waals surface area contributed by atoms with Crippen molar-refractivity contribution in [1.29, 1.82) is 0 Å². The first-order valence-corrected chi connectivity index (χ1v) is 18.4. The number of urea groups is 1. The van der Waals surface area contributed by atoms with Gasteiger partial charge in [0.1, 0.15) is 23.6 Å². The molecule has 0 atom stereocenters. The van der Waals surface area contributed by atoms with Gasteiger partial charge in [-0.3, -0.25) is 14.6 Å². The van der Waals surface area contributed by atoms with Gasteiger partial charge in [0.05, 0.1) is 25.4 Å². The SMILES string of the molecule is CCCCOC(=O)N1CCC2(CC1)C(=O)N(Cc1nc(-c3ccc(Oc4ccccc4C(C)(C)C)c(C(F)(F)F)c3)no1)C(=O)N2CCN1CCOCC1. The molecule has 0 N–H and O–H groups in total. The summed E-state index contributed by atoms with van der Waals surface area (Å²) < 4.78 is 65.3. The van der Waals surface area contributed by atoms with E-state index in [1.165, 1.54) is 12.1 Å². The number of carbonyl (C=O) groups is 3. The zero-order valence-electron chi connectivity index (χ0n) is 31.1. The number of para-hydroxylation sites is 1. The van der Waals surface area contributed by atoms with E-state index in [4.69, 9.17) is 18.7 Å². The maximum Gasteiger partial charge on any atom is 0.420 e. The third kappa shape index (κ3) is 8.33. The standard InChI is InChI=1S/C38H47F3N6O7/c1-5-6-21-52-35(50)45-15-13-37(14-16-45)33(48)46(34(49)47(37)18-17-44-19-22-51-23-20-44)25-31-42-32(43-54-31)26-11-12-30(28(24-26)38(39,40)41)53-29-10-8-7-9-27(29)36(2,3)4/h7-12,24H,5-6,13-23,25H2,1-4H3. The topological polar surface area (TPSA) is 131 Å². The largest absolute Gasteiger partial charge is 0.456 e. The molecule has 3 saturated heterocycles. The van der Waals surface area contributed by atoms with Gasteiger partial charge in [-0.1, -0.05) is 57.5 Å². The Morgan fingerprint density at radius 2 is 1.65 bits per heavy atom. The summed E-state index contributed by atoms with van der Waals surface area (Å²) in [5, 5.41) is 3.91. The van der Waals surface area contributed by atoms with Crippen LogP contribution in [0, 0.1) is 0 Å². The monoisotopic (exact) mass is 756 g/mol. The molecule has 3 aliphatic rings. The van der Waals surface area contributed by atoms with Gasteiger partial charge >= 0.3 is 18.3 Å². The van der Waals surface area contributed by atoms with Crippen LogP contribution in [0.2, 0.25) is 0 Å². The van der Waals surface area contributed by atoms with Gasteiger partial charge in [0, 0.05) is 50.4 Å². The molecule has 4 amide bonds. The molecule has 0 bridgehead atoms. The molecule has 0 saturated carbocycles. The number of carbonyl (C=O) groups excluding carboxylic acids is 3. The number of halogens is 3. The lowest BCUT2D eigenvalue weighted by molar-refractivity contribution is -0.138. The number of hydrogen-bond acceptors (Lipinski definition) is 10. The van der Waals surface area contributed by atoms with Crippen molar-refractivity contribution in [2.75, 3.05) is 59.1 Å². The molecule has 1 spiro atoms. The van der Waals surface area contributed by atoms with E-state index >= 15 is 0 Å². The van der Waals surface area contributed by atoms with Gasteiger partial charge in [0.25, 0.3) is 5.91 Å². The fraction of sp³-hybridized carbons (Fsp3) is 0.553. The molecule has 0 aliphatic carbocycles. The maximum atomic E-state index is 14.4. The molecule has 54 heavy (non-hydrogen) atoms. The van der Waals surface area contributed by atoms with Crippen molar-refractivity contribution in [2.24, 2.45) is 0 Å². The van der Waals surface area contributed by atoms with Crippen molar-refractivity contribution in [2.45, 2.75) is 77.1 Å². The molecule has 2 aromatic carbocycles. The molecule has 6 rings (SSSR count). The number of unbranched alkanes of at least 4 members (excludes halogenated alkanes) is 1. The summed E-state index contributed by atoms with van der Waals surface area (Å²) in [4.78, 5) is 51.6. The van der Waals surface area contributed by atoms with E-state index in [0.717, 1.165) is 29.4 Å². The highest BCUT2D eigenvalue weighted by Gasteiger charge is 2.58. The van der Waals surface area contributed by atoms with Crippen molar-refractivity contribution in [3.05, 3.63) is 59.5 Å². The number of benzene rings is 2. The molecule has 16 heteroatoms.